The Hall–Kier alpha value is -2.54. The molecule has 2 aromatic carbocycles. The Bertz CT molecular complexity index is 775. The van der Waals surface area contributed by atoms with E-state index in [1.54, 1.807) is 12.1 Å². The molecule has 1 fully saturated rings. The fraction of sp³-hybridized carbons (Fsp3) is 0.333. The number of carbonyl (C=O) groups excluding carboxylic acids is 2. The summed E-state index contributed by atoms with van der Waals surface area (Å²) in [5.41, 5.74) is 1.19. The standard InChI is InChI=1S/C21H24BrN3O3/c22-17-6-8-19(9-7-17)28-16-20(26)23-11-10-21(27)25-14-12-24(13-15-25)18-4-2-1-3-5-18/h1-9H,10-16H2,(H,23,26). The van der Waals surface area contributed by atoms with Gasteiger partial charge in [-0.15, -0.1) is 0 Å². The zero-order chi connectivity index (χ0) is 19.8. The number of hydrogen-bond donors (Lipinski definition) is 1. The molecule has 2 aromatic rings. The molecule has 1 N–H and O–H groups in total. The van der Waals surface area contributed by atoms with Crippen LogP contribution in [0.25, 0.3) is 0 Å². The van der Waals surface area contributed by atoms with Gasteiger partial charge >= 0.3 is 0 Å². The molecule has 6 nitrogen and oxygen atoms in total. The lowest BCUT2D eigenvalue weighted by molar-refractivity contribution is -0.131. The minimum absolute atomic E-state index is 0.0639. The molecule has 1 aliphatic heterocycles. The molecule has 2 amide bonds. The van der Waals surface area contributed by atoms with Crippen molar-refractivity contribution in [3.63, 3.8) is 0 Å². The molecule has 1 aliphatic rings. The number of nitrogens with zero attached hydrogens (tertiary/aromatic N) is 2. The normalized spacial score (nSPS) is 13.9. The molecule has 3 rings (SSSR count). The largest absolute Gasteiger partial charge is 0.484 e. The first-order chi connectivity index (χ1) is 13.6. The van der Waals surface area contributed by atoms with E-state index in [1.807, 2.05) is 35.2 Å². The number of carbonyl (C=O) groups is 2. The molecule has 0 aromatic heterocycles. The van der Waals surface area contributed by atoms with Crippen molar-refractivity contribution in [1.29, 1.82) is 0 Å². The highest BCUT2D eigenvalue weighted by Crippen LogP contribution is 2.16. The molecule has 0 saturated carbocycles. The molecule has 0 unspecified atom stereocenters. The van der Waals surface area contributed by atoms with E-state index in [0.717, 1.165) is 17.6 Å². The van der Waals surface area contributed by atoms with Gasteiger partial charge in [0.15, 0.2) is 6.61 Å². The predicted octanol–water partition coefficient (Wildman–Crippen LogP) is 2.68. The van der Waals surface area contributed by atoms with Gasteiger partial charge in [-0.25, -0.2) is 0 Å². The molecule has 1 heterocycles. The highest BCUT2D eigenvalue weighted by atomic mass is 79.9. The summed E-state index contributed by atoms with van der Waals surface area (Å²) < 4.78 is 6.37. The smallest absolute Gasteiger partial charge is 0.257 e. The minimum atomic E-state index is -0.232. The van der Waals surface area contributed by atoms with Crippen molar-refractivity contribution in [2.45, 2.75) is 6.42 Å². The van der Waals surface area contributed by atoms with Crippen LogP contribution in [0.4, 0.5) is 5.69 Å². The second-order valence-electron chi connectivity index (χ2n) is 6.55. The molecule has 1 saturated heterocycles. The lowest BCUT2D eigenvalue weighted by Crippen LogP contribution is -2.49. The molecule has 148 valence electrons. The number of benzene rings is 2. The van der Waals surface area contributed by atoms with E-state index in [2.05, 4.69) is 38.3 Å². The van der Waals surface area contributed by atoms with Crippen molar-refractivity contribution >= 4 is 33.4 Å². The second kappa shape index (κ2) is 10.1. The molecular formula is C21H24BrN3O3. The summed E-state index contributed by atoms with van der Waals surface area (Å²) in [6, 6.07) is 17.5. The van der Waals surface area contributed by atoms with Crippen LogP contribution in [0.2, 0.25) is 0 Å². The maximum atomic E-state index is 12.4. The number of amides is 2. The van der Waals surface area contributed by atoms with Crippen molar-refractivity contribution in [2.24, 2.45) is 0 Å². The van der Waals surface area contributed by atoms with Gasteiger partial charge in [-0.1, -0.05) is 34.1 Å². The third-order valence-electron chi connectivity index (χ3n) is 4.60. The van der Waals surface area contributed by atoms with Gasteiger partial charge in [-0.05, 0) is 36.4 Å². The monoisotopic (exact) mass is 445 g/mol. The van der Waals surface area contributed by atoms with Crippen LogP contribution in [0.5, 0.6) is 5.75 Å². The van der Waals surface area contributed by atoms with Crippen LogP contribution < -0.4 is 15.0 Å². The number of rotatable bonds is 7. The summed E-state index contributed by atoms with van der Waals surface area (Å²) in [5, 5.41) is 2.74. The van der Waals surface area contributed by atoms with Crippen LogP contribution in [0.1, 0.15) is 6.42 Å². The lowest BCUT2D eigenvalue weighted by atomic mass is 10.2. The summed E-state index contributed by atoms with van der Waals surface area (Å²) in [5.74, 6) is 0.470. The number of halogens is 1. The number of piperazine rings is 1. The maximum absolute atomic E-state index is 12.4. The van der Waals surface area contributed by atoms with Crippen LogP contribution in [-0.2, 0) is 9.59 Å². The highest BCUT2D eigenvalue weighted by Gasteiger charge is 2.20. The summed E-state index contributed by atoms with van der Waals surface area (Å²) in [6.45, 7) is 3.31. The summed E-state index contributed by atoms with van der Waals surface area (Å²) in [6.07, 6.45) is 0.301. The Kier molecular flexibility index (Phi) is 7.31. The fourth-order valence-electron chi connectivity index (χ4n) is 3.05. The first-order valence-electron chi connectivity index (χ1n) is 9.34. The van der Waals surface area contributed by atoms with E-state index < -0.39 is 0 Å². The third kappa shape index (κ3) is 5.99. The van der Waals surface area contributed by atoms with Gasteiger partial charge in [-0.2, -0.15) is 0 Å². The van der Waals surface area contributed by atoms with Gasteiger partial charge in [0.05, 0.1) is 0 Å². The summed E-state index contributed by atoms with van der Waals surface area (Å²) in [7, 11) is 0. The third-order valence-corrected chi connectivity index (χ3v) is 5.13. The minimum Gasteiger partial charge on any atom is -0.484 e. The van der Waals surface area contributed by atoms with Crippen molar-refractivity contribution in [2.75, 3.05) is 44.2 Å². The van der Waals surface area contributed by atoms with E-state index in [9.17, 15) is 9.59 Å². The Labute approximate surface area is 173 Å². The molecule has 0 aliphatic carbocycles. The number of para-hydroxylation sites is 1. The molecule has 7 heteroatoms. The summed E-state index contributed by atoms with van der Waals surface area (Å²) >= 11 is 3.35. The fourth-order valence-corrected chi connectivity index (χ4v) is 3.31. The van der Waals surface area contributed by atoms with Crippen LogP contribution in [0.15, 0.2) is 59.1 Å². The van der Waals surface area contributed by atoms with Gasteiger partial charge < -0.3 is 19.9 Å². The van der Waals surface area contributed by atoms with Crippen molar-refractivity contribution in [1.82, 2.24) is 10.2 Å². The average molecular weight is 446 g/mol. The zero-order valence-corrected chi connectivity index (χ0v) is 17.2. The molecule has 0 bridgehead atoms. The Morgan fingerprint density at radius 3 is 2.32 bits per heavy atom. The first kappa shape index (κ1) is 20.2. The van der Waals surface area contributed by atoms with Gasteiger partial charge in [0.2, 0.25) is 5.91 Å². The van der Waals surface area contributed by atoms with Gasteiger partial charge in [0.1, 0.15) is 5.75 Å². The number of hydrogen-bond acceptors (Lipinski definition) is 4. The van der Waals surface area contributed by atoms with E-state index in [-0.39, 0.29) is 18.4 Å². The Morgan fingerprint density at radius 1 is 0.964 bits per heavy atom. The van der Waals surface area contributed by atoms with Crippen molar-refractivity contribution < 1.29 is 14.3 Å². The van der Waals surface area contributed by atoms with Gasteiger partial charge in [0.25, 0.3) is 5.91 Å². The summed E-state index contributed by atoms with van der Waals surface area (Å²) in [4.78, 5) is 28.4. The second-order valence-corrected chi connectivity index (χ2v) is 7.46. The van der Waals surface area contributed by atoms with Gasteiger partial charge in [-0.3, -0.25) is 9.59 Å². The van der Waals surface area contributed by atoms with E-state index >= 15 is 0 Å². The molecule has 28 heavy (non-hydrogen) atoms. The molecule has 0 radical (unpaired) electrons. The molecule has 0 spiro atoms. The Balaban J connectivity index is 1.32. The first-order valence-corrected chi connectivity index (χ1v) is 10.1. The number of nitrogens with one attached hydrogen (secondary N) is 1. The van der Waals surface area contributed by atoms with Gasteiger partial charge in [0, 0.05) is 49.3 Å². The molecule has 0 atom stereocenters. The van der Waals surface area contributed by atoms with E-state index in [0.29, 0.717) is 31.8 Å². The predicted molar refractivity (Wildman–Crippen MR) is 112 cm³/mol. The SMILES string of the molecule is O=C(COc1ccc(Br)cc1)NCCC(=O)N1CCN(c2ccccc2)CC1. The van der Waals surface area contributed by atoms with Crippen LogP contribution in [-0.4, -0.2) is 56.0 Å². The van der Waals surface area contributed by atoms with Crippen LogP contribution >= 0.6 is 15.9 Å². The van der Waals surface area contributed by atoms with E-state index in [4.69, 9.17) is 4.74 Å². The average Bonchev–Trinajstić information content (AvgIpc) is 2.74. The van der Waals surface area contributed by atoms with Crippen molar-refractivity contribution in [3.05, 3.63) is 59.1 Å². The lowest BCUT2D eigenvalue weighted by Gasteiger charge is -2.36. The van der Waals surface area contributed by atoms with Crippen molar-refractivity contribution in [3.8, 4) is 5.75 Å². The highest BCUT2D eigenvalue weighted by molar-refractivity contribution is 9.10. The van der Waals surface area contributed by atoms with Crippen LogP contribution in [0.3, 0.4) is 0 Å². The number of anilines is 1. The topological polar surface area (TPSA) is 61.9 Å². The van der Waals surface area contributed by atoms with E-state index in [1.165, 1.54) is 5.69 Å². The zero-order valence-electron chi connectivity index (χ0n) is 15.6. The maximum Gasteiger partial charge on any atom is 0.257 e. The number of ether oxygens (including phenoxy) is 1. The quantitative estimate of drug-likeness (QED) is 0.711. The Morgan fingerprint density at radius 2 is 1.64 bits per heavy atom. The van der Waals surface area contributed by atoms with Crippen LogP contribution in [0, 0.1) is 0 Å². The molecular weight excluding hydrogens is 422 g/mol.